The van der Waals surface area contributed by atoms with Crippen molar-refractivity contribution in [3.8, 4) is 5.69 Å². The second-order valence-corrected chi connectivity index (χ2v) is 11.2. The Kier molecular flexibility index (Phi) is 6.94. The Morgan fingerprint density at radius 1 is 0.944 bits per heavy atom. The van der Waals surface area contributed by atoms with Crippen LogP contribution in [-0.4, -0.2) is 36.7 Å². The zero-order valence-electron chi connectivity index (χ0n) is 19.6. The van der Waals surface area contributed by atoms with Gasteiger partial charge in [0.2, 0.25) is 10.0 Å². The SMILES string of the molecule is CC(C)(CNS(=O)(=O)CC(F)(F)F)C(c1ccccc1)c1ccc2c(cnn2-c2ccc(F)cc2)c1. The lowest BCUT2D eigenvalue weighted by Crippen LogP contribution is -2.41. The number of rotatable bonds is 8. The van der Waals surface area contributed by atoms with Crippen molar-refractivity contribution in [1.29, 1.82) is 0 Å². The van der Waals surface area contributed by atoms with Gasteiger partial charge >= 0.3 is 6.18 Å². The lowest BCUT2D eigenvalue weighted by Gasteiger charge is -2.35. The molecule has 0 bridgehead atoms. The average molecular weight is 520 g/mol. The third-order valence-electron chi connectivity index (χ3n) is 6.01. The van der Waals surface area contributed by atoms with Gasteiger partial charge in [-0.2, -0.15) is 18.3 Å². The van der Waals surface area contributed by atoms with E-state index in [0.717, 1.165) is 22.0 Å². The standard InChI is InChI=1S/C26H25F4N3O2S/c1-25(2,16-32-36(34,35)17-26(28,29)30)24(18-6-4-3-5-7-18)19-8-13-23-20(14-19)15-31-33(23)22-11-9-21(27)10-12-22/h3-15,24,32H,16-17H2,1-2H3. The first-order chi connectivity index (χ1) is 16.8. The monoisotopic (exact) mass is 519 g/mol. The summed E-state index contributed by atoms with van der Waals surface area (Å²) in [4.78, 5) is 0. The Morgan fingerprint density at radius 3 is 2.25 bits per heavy atom. The molecule has 0 saturated heterocycles. The molecule has 4 rings (SSSR count). The van der Waals surface area contributed by atoms with E-state index >= 15 is 0 Å². The molecule has 0 spiro atoms. The maximum absolute atomic E-state index is 13.3. The fourth-order valence-corrected chi connectivity index (χ4v) is 5.55. The predicted octanol–water partition coefficient (Wildman–Crippen LogP) is 5.80. The molecule has 0 fully saturated rings. The highest BCUT2D eigenvalue weighted by molar-refractivity contribution is 7.89. The van der Waals surface area contributed by atoms with Gasteiger partial charge in [0, 0.05) is 17.8 Å². The van der Waals surface area contributed by atoms with Crippen molar-refractivity contribution in [2.75, 3.05) is 12.3 Å². The molecule has 0 radical (unpaired) electrons. The number of aromatic nitrogens is 2. The molecule has 3 aromatic carbocycles. The van der Waals surface area contributed by atoms with Gasteiger partial charge in [-0.1, -0.05) is 50.2 Å². The Morgan fingerprint density at radius 2 is 1.61 bits per heavy atom. The fraction of sp³-hybridized carbons (Fsp3) is 0.269. The number of hydrogen-bond acceptors (Lipinski definition) is 3. The molecule has 0 aliphatic carbocycles. The summed E-state index contributed by atoms with van der Waals surface area (Å²) >= 11 is 0. The van der Waals surface area contributed by atoms with Crippen LogP contribution in [0.25, 0.3) is 16.6 Å². The largest absolute Gasteiger partial charge is 0.404 e. The highest BCUT2D eigenvalue weighted by atomic mass is 32.2. The van der Waals surface area contributed by atoms with Gasteiger partial charge in [-0.25, -0.2) is 22.2 Å². The first-order valence-electron chi connectivity index (χ1n) is 11.2. The summed E-state index contributed by atoms with van der Waals surface area (Å²) in [5.74, 6) is -2.62. The van der Waals surface area contributed by atoms with Crippen LogP contribution in [0.1, 0.15) is 30.9 Å². The van der Waals surface area contributed by atoms with Gasteiger partial charge in [0.05, 0.1) is 17.4 Å². The maximum atomic E-state index is 13.3. The number of alkyl halides is 3. The van der Waals surface area contributed by atoms with E-state index in [0.29, 0.717) is 5.69 Å². The number of nitrogens with zero attached hydrogens (tertiary/aromatic N) is 2. The van der Waals surface area contributed by atoms with Crippen LogP contribution in [0.2, 0.25) is 0 Å². The van der Waals surface area contributed by atoms with Crippen LogP contribution in [-0.2, 0) is 10.0 Å². The molecule has 5 nitrogen and oxygen atoms in total. The Balaban J connectivity index is 1.70. The molecule has 0 aliphatic rings. The number of fused-ring (bicyclic) bond motifs is 1. The molecule has 0 aliphatic heterocycles. The minimum absolute atomic E-state index is 0.197. The minimum Gasteiger partial charge on any atom is -0.233 e. The summed E-state index contributed by atoms with van der Waals surface area (Å²) in [5, 5.41) is 5.24. The summed E-state index contributed by atoms with van der Waals surface area (Å²) in [6.07, 6.45) is -3.15. The van der Waals surface area contributed by atoms with E-state index in [1.54, 1.807) is 23.0 Å². The third kappa shape index (κ3) is 5.93. The number of hydrogen-bond donors (Lipinski definition) is 1. The quantitative estimate of drug-likeness (QED) is 0.299. The summed E-state index contributed by atoms with van der Waals surface area (Å²) in [5.41, 5.74) is 2.44. The molecular formula is C26H25F4N3O2S. The summed E-state index contributed by atoms with van der Waals surface area (Å²) in [6.45, 7) is 3.43. The first kappa shape index (κ1) is 25.8. The van der Waals surface area contributed by atoms with Crippen molar-refractivity contribution in [2.45, 2.75) is 25.9 Å². The topological polar surface area (TPSA) is 64.0 Å². The van der Waals surface area contributed by atoms with Gasteiger partial charge in [0.15, 0.2) is 5.75 Å². The van der Waals surface area contributed by atoms with Gasteiger partial charge in [-0.15, -0.1) is 0 Å². The molecule has 1 aromatic heterocycles. The molecule has 1 heterocycles. The normalized spacial score (nSPS) is 13.7. The maximum Gasteiger partial charge on any atom is 0.404 e. The minimum atomic E-state index is -4.83. The van der Waals surface area contributed by atoms with Gasteiger partial charge < -0.3 is 0 Å². The molecule has 10 heteroatoms. The summed E-state index contributed by atoms with van der Waals surface area (Å²) in [6, 6.07) is 21.0. The summed E-state index contributed by atoms with van der Waals surface area (Å²) < 4.78 is 79.4. The van der Waals surface area contributed by atoms with E-state index in [1.165, 1.54) is 12.1 Å². The van der Waals surface area contributed by atoms with Gasteiger partial charge in [0.1, 0.15) is 5.82 Å². The summed E-state index contributed by atoms with van der Waals surface area (Å²) in [7, 11) is -4.55. The van der Waals surface area contributed by atoms with Crippen molar-refractivity contribution in [1.82, 2.24) is 14.5 Å². The smallest absolute Gasteiger partial charge is 0.233 e. The lowest BCUT2D eigenvalue weighted by molar-refractivity contribution is -0.106. The number of sulfonamides is 1. The molecule has 1 N–H and O–H groups in total. The van der Waals surface area contributed by atoms with Crippen molar-refractivity contribution in [3.63, 3.8) is 0 Å². The van der Waals surface area contributed by atoms with Crippen LogP contribution >= 0.6 is 0 Å². The van der Waals surface area contributed by atoms with Crippen molar-refractivity contribution in [3.05, 3.63) is 95.9 Å². The third-order valence-corrected chi connectivity index (χ3v) is 7.30. The second kappa shape index (κ2) is 9.67. The molecule has 36 heavy (non-hydrogen) atoms. The lowest BCUT2D eigenvalue weighted by atomic mass is 9.71. The van der Waals surface area contributed by atoms with Crippen LogP contribution in [0.3, 0.4) is 0 Å². The predicted molar refractivity (Wildman–Crippen MR) is 131 cm³/mol. The second-order valence-electron chi connectivity index (χ2n) is 9.38. The molecule has 4 aromatic rings. The van der Waals surface area contributed by atoms with Crippen LogP contribution in [0, 0.1) is 11.2 Å². The van der Waals surface area contributed by atoms with E-state index in [-0.39, 0.29) is 18.3 Å². The van der Waals surface area contributed by atoms with E-state index in [1.807, 2.05) is 62.4 Å². The fourth-order valence-electron chi connectivity index (χ4n) is 4.42. The van der Waals surface area contributed by atoms with E-state index < -0.39 is 27.4 Å². The Labute approximate surface area is 206 Å². The van der Waals surface area contributed by atoms with Crippen molar-refractivity contribution >= 4 is 20.9 Å². The first-order valence-corrected chi connectivity index (χ1v) is 12.8. The highest BCUT2D eigenvalue weighted by Gasteiger charge is 2.38. The average Bonchev–Trinajstić information content (AvgIpc) is 3.21. The van der Waals surface area contributed by atoms with Crippen LogP contribution in [0.4, 0.5) is 17.6 Å². The van der Waals surface area contributed by atoms with E-state index in [2.05, 4.69) is 9.82 Å². The molecule has 0 amide bonds. The van der Waals surface area contributed by atoms with Crippen molar-refractivity contribution in [2.24, 2.45) is 5.41 Å². The van der Waals surface area contributed by atoms with Gasteiger partial charge in [-0.05, 0) is 52.9 Å². The zero-order chi connectivity index (χ0) is 26.1. The van der Waals surface area contributed by atoms with E-state index in [4.69, 9.17) is 0 Å². The Bertz CT molecular complexity index is 1450. The van der Waals surface area contributed by atoms with Crippen LogP contribution < -0.4 is 4.72 Å². The van der Waals surface area contributed by atoms with Crippen LogP contribution in [0.5, 0.6) is 0 Å². The molecule has 1 atom stereocenters. The zero-order valence-corrected chi connectivity index (χ0v) is 20.4. The number of nitrogens with one attached hydrogen (secondary N) is 1. The van der Waals surface area contributed by atoms with Gasteiger partial charge in [0.25, 0.3) is 0 Å². The number of benzene rings is 3. The van der Waals surface area contributed by atoms with E-state index in [9.17, 15) is 26.0 Å². The number of halogens is 4. The highest BCUT2D eigenvalue weighted by Crippen LogP contribution is 2.41. The molecule has 1 unspecified atom stereocenters. The van der Waals surface area contributed by atoms with Crippen LogP contribution in [0.15, 0.2) is 79.0 Å². The van der Waals surface area contributed by atoms with Gasteiger partial charge in [-0.3, -0.25) is 0 Å². The Hall–Kier alpha value is -3.24. The van der Waals surface area contributed by atoms with Crippen molar-refractivity contribution < 1.29 is 26.0 Å². The molecule has 0 saturated carbocycles. The molecular weight excluding hydrogens is 494 g/mol. The molecule has 190 valence electrons.